The van der Waals surface area contributed by atoms with Gasteiger partial charge >= 0.3 is 0 Å². The summed E-state index contributed by atoms with van der Waals surface area (Å²) in [7, 11) is 0. The van der Waals surface area contributed by atoms with E-state index in [4.69, 9.17) is 5.11 Å². The molecular weight excluding hydrogens is 220 g/mol. The van der Waals surface area contributed by atoms with Crippen molar-refractivity contribution in [1.82, 2.24) is 14.9 Å². The van der Waals surface area contributed by atoms with E-state index in [1.165, 1.54) is 12.4 Å². The maximum absolute atomic E-state index is 11.2. The molecule has 1 aliphatic rings. The molecule has 2 heterocycles. The first-order valence-electron chi connectivity index (χ1n) is 5.92. The van der Waals surface area contributed by atoms with Gasteiger partial charge in [-0.15, -0.1) is 0 Å². The Morgan fingerprint density at radius 1 is 1.35 bits per heavy atom. The molecule has 17 heavy (non-hydrogen) atoms. The van der Waals surface area contributed by atoms with Crippen molar-refractivity contribution in [2.24, 2.45) is 0 Å². The van der Waals surface area contributed by atoms with Crippen LogP contribution in [0.25, 0.3) is 0 Å². The van der Waals surface area contributed by atoms with Gasteiger partial charge in [-0.2, -0.15) is 0 Å². The van der Waals surface area contributed by atoms with Crippen LogP contribution in [0.15, 0.2) is 17.2 Å². The number of aliphatic hydroxyl groups excluding tert-OH is 1. The second-order valence-electron chi connectivity index (χ2n) is 4.18. The van der Waals surface area contributed by atoms with E-state index in [0.717, 1.165) is 45.0 Å². The Labute approximate surface area is 99.9 Å². The van der Waals surface area contributed by atoms with Gasteiger partial charge < -0.3 is 15.0 Å². The molecule has 1 saturated heterocycles. The quantitative estimate of drug-likeness (QED) is 0.726. The Morgan fingerprint density at radius 3 is 3.00 bits per heavy atom. The number of nitrogens with zero attached hydrogens (tertiary/aromatic N) is 3. The highest BCUT2D eigenvalue weighted by atomic mass is 16.3. The minimum atomic E-state index is -0.119. The number of aromatic amines is 1. The highest BCUT2D eigenvalue weighted by Crippen LogP contribution is 2.10. The molecule has 1 aromatic heterocycles. The number of hydrogen-bond acceptors (Lipinski definition) is 5. The molecule has 0 bridgehead atoms. The monoisotopic (exact) mass is 238 g/mol. The third kappa shape index (κ3) is 3.28. The van der Waals surface area contributed by atoms with E-state index in [1.54, 1.807) is 0 Å². The summed E-state index contributed by atoms with van der Waals surface area (Å²) in [6.07, 6.45) is 2.46. The first-order chi connectivity index (χ1) is 8.29. The fourth-order valence-electron chi connectivity index (χ4n) is 2.10. The predicted molar refractivity (Wildman–Crippen MR) is 65.2 cm³/mol. The van der Waals surface area contributed by atoms with Crippen LogP contribution in [0.4, 0.5) is 5.82 Å². The van der Waals surface area contributed by atoms with Crippen molar-refractivity contribution in [1.29, 1.82) is 0 Å². The highest BCUT2D eigenvalue weighted by molar-refractivity contribution is 5.36. The van der Waals surface area contributed by atoms with Crippen molar-refractivity contribution in [2.45, 2.75) is 6.42 Å². The zero-order valence-corrected chi connectivity index (χ0v) is 9.80. The number of H-pyrrole nitrogens is 1. The molecule has 0 saturated carbocycles. The van der Waals surface area contributed by atoms with Gasteiger partial charge in [0.25, 0.3) is 5.56 Å². The maximum Gasteiger partial charge on any atom is 0.252 e. The second-order valence-corrected chi connectivity index (χ2v) is 4.18. The molecule has 0 unspecified atom stereocenters. The SMILES string of the molecule is O=c1cc(N2CCCN(CCO)CC2)nc[nH]1. The number of nitrogens with one attached hydrogen (secondary N) is 1. The van der Waals surface area contributed by atoms with Gasteiger partial charge in [0.2, 0.25) is 0 Å². The zero-order valence-electron chi connectivity index (χ0n) is 9.80. The number of anilines is 1. The molecule has 1 fully saturated rings. The Morgan fingerprint density at radius 2 is 2.24 bits per heavy atom. The molecule has 1 aromatic rings. The van der Waals surface area contributed by atoms with Crippen molar-refractivity contribution in [2.75, 3.05) is 44.2 Å². The molecule has 0 aromatic carbocycles. The standard InChI is InChI=1S/C11H18N4O2/c16-7-6-14-2-1-3-15(5-4-14)10-8-11(17)13-9-12-10/h8-9,16H,1-7H2,(H,12,13,17). The van der Waals surface area contributed by atoms with Crippen LogP contribution >= 0.6 is 0 Å². The maximum atomic E-state index is 11.2. The van der Waals surface area contributed by atoms with Crippen molar-refractivity contribution in [3.8, 4) is 0 Å². The third-order valence-corrected chi connectivity index (χ3v) is 2.99. The minimum absolute atomic E-state index is 0.119. The summed E-state index contributed by atoms with van der Waals surface area (Å²) in [6, 6.07) is 1.53. The number of hydrogen-bond donors (Lipinski definition) is 2. The van der Waals surface area contributed by atoms with Crippen LogP contribution in [0.1, 0.15) is 6.42 Å². The van der Waals surface area contributed by atoms with Crippen LogP contribution in [0.2, 0.25) is 0 Å². The van der Waals surface area contributed by atoms with Gasteiger partial charge in [0, 0.05) is 32.2 Å². The lowest BCUT2D eigenvalue weighted by molar-refractivity contribution is 0.204. The van der Waals surface area contributed by atoms with Crippen molar-refractivity contribution in [3.05, 3.63) is 22.7 Å². The highest BCUT2D eigenvalue weighted by Gasteiger charge is 2.15. The smallest absolute Gasteiger partial charge is 0.252 e. The summed E-state index contributed by atoms with van der Waals surface area (Å²) in [6.45, 7) is 4.55. The third-order valence-electron chi connectivity index (χ3n) is 2.99. The van der Waals surface area contributed by atoms with Crippen LogP contribution < -0.4 is 10.5 Å². The van der Waals surface area contributed by atoms with Gasteiger partial charge in [-0.25, -0.2) is 4.98 Å². The van der Waals surface area contributed by atoms with Crippen molar-refractivity contribution < 1.29 is 5.11 Å². The molecule has 2 N–H and O–H groups in total. The van der Waals surface area contributed by atoms with Gasteiger partial charge in [0.1, 0.15) is 5.82 Å². The van der Waals surface area contributed by atoms with Crippen molar-refractivity contribution >= 4 is 5.82 Å². The van der Waals surface area contributed by atoms with Crippen LogP contribution in [0.5, 0.6) is 0 Å². The van der Waals surface area contributed by atoms with E-state index >= 15 is 0 Å². The average molecular weight is 238 g/mol. The number of aromatic nitrogens is 2. The molecule has 0 radical (unpaired) electrons. The lowest BCUT2D eigenvalue weighted by Gasteiger charge is -2.21. The summed E-state index contributed by atoms with van der Waals surface area (Å²) in [5, 5.41) is 8.92. The molecule has 0 atom stereocenters. The second kappa shape index (κ2) is 5.79. The van der Waals surface area contributed by atoms with E-state index in [2.05, 4.69) is 19.8 Å². The zero-order chi connectivity index (χ0) is 12.1. The molecule has 1 aliphatic heterocycles. The topological polar surface area (TPSA) is 72.5 Å². The summed E-state index contributed by atoms with van der Waals surface area (Å²) in [5.74, 6) is 0.736. The number of rotatable bonds is 3. The van der Waals surface area contributed by atoms with Crippen molar-refractivity contribution in [3.63, 3.8) is 0 Å². The first kappa shape index (κ1) is 12.1. The van der Waals surface area contributed by atoms with Crippen LogP contribution in [0, 0.1) is 0 Å². The molecule has 0 spiro atoms. The van der Waals surface area contributed by atoms with E-state index in [0.29, 0.717) is 0 Å². The lowest BCUT2D eigenvalue weighted by Crippen LogP contribution is -2.33. The molecule has 2 rings (SSSR count). The van der Waals surface area contributed by atoms with Gasteiger partial charge in [0.15, 0.2) is 0 Å². The molecule has 0 aliphatic carbocycles. The Bertz CT molecular complexity index is 406. The molecule has 94 valence electrons. The van der Waals surface area contributed by atoms with Crippen LogP contribution in [-0.4, -0.2) is 59.3 Å². The first-order valence-corrected chi connectivity index (χ1v) is 5.92. The summed E-state index contributed by atoms with van der Waals surface area (Å²) in [4.78, 5) is 22.3. The molecular formula is C11H18N4O2. The van der Waals surface area contributed by atoms with Gasteiger partial charge in [0.05, 0.1) is 12.9 Å². The molecule has 6 heteroatoms. The summed E-state index contributed by atoms with van der Waals surface area (Å²) in [5.41, 5.74) is -0.119. The Balaban J connectivity index is 2.01. The van der Waals surface area contributed by atoms with E-state index in [9.17, 15) is 4.79 Å². The molecule has 6 nitrogen and oxygen atoms in total. The fraction of sp³-hybridized carbons (Fsp3) is 0.636. The van der Waals surface area contributed by atoms with E-state index in [1.807, 2.05) is 0 Å². The molecule has 0 amide bonds. The Kier molecular flexibility index (Phi) is 4.11. The van der Waals surface area contributed by atoms with Crippen LogP contribution in [-0.2, 0) is 0 Å². The Hall–Kier alpha value is -1.40. The summed E-state index contributed by atoms with van der Waals surface area (Å²) >= 11 is 0. The normalized spacial score (nSPS) is 18.1. The van der Waals surface area contributed by atoms with Gasteiger partial charge in [-0.05, 0) is 13.0 Å². The average Bonchev–Trinajstić information content (AvgIpc) is 2.55. The predicted octanol–water partition coefficient (Wildman–Crippen LogP) is -0.726. The van der Waals surface area contributed by atoms with E-state index < -0.39 is 0 Å². The fourth-order valence-corrected chi connectivity index (χ4v) is 2.10. The van der Waals surface area contributed by atoms with E-state index in [-0.39, 0.29) is 12.2 Å². The summed E-state index contributed by atoms with van der Waals surface area (Å²) < 4.78 is 0. The largest absolute Gasteiger partial charge is 0.395 e. The lowest BCUT2D eigenvalue weighted by atomic mass is 10.4. The minimum Gasteiger partial charge on any atom is -0.395 e. The number of β-amino-alcohol motifs (C(OH)–C–C–N with tert-alkyl or cyclic N) is 1. The van der Waals surface area contributed by atoms with Gasteiger partial charge in [-0.1, -0.05) is 0 Å². The van der Waals surface area contributed by atoms with Crippen LogP contribution in [0.3, 0.4) is 0 Å². The number of aliphatic hydroxyl groups is 1. The van der Waals surface area contributed by atoms with Gasteiger partial charge in [-0.3, -0.25) is 9.69 Å².